The normalized spacial score (nSPS) is 13.1. The summed E-state index contributed by atoms with van der Waals surface area (Å²) >= 11 is 5.92. The maximum atomic E-state index is 11.7. The van der Waals surface area contributed by atoms with Crippen LogP contribution in [-0.4, -0.2) is 31.8 Å². The first-order chi connectivity index (χ1) is 8.14. The Kier molecular flexibility index (Phi) is 4.24. The Bertz CT molecular complexity index is 570. The first-order valence-electron chi connectivity index (χ1n) is 5.13. The number of aryl methyl sites for hydroxylation is 1. The Morgan fingerprint density at radius 1 is 1.44 bits per heavy atom. The monoisotopic (exact) mass is 291 g/mol. The van der Waals surface area contributed by atoms with Crippen molar-refractivity contribution in [2.75, 3.05) is 10.6 Å². The Morgan fingerprint density at radius 3 is 2.39 bits per heavy atom. The number of hydrogen-bond acceptors (Lipinski definition) is 3. The summed E-state index contributed by atoms with van der Waals surface area (Å²) < 4.78 is 24.2. The minimum absolute atomic E-state index is 0.239. The van der Waals surface area contributed by atoms with Gasteiger partial charge >= 0.3 is 5.97 Å². The molecular weight excluding hydrogens is 278 g/mol. The lowest BCUT2D eigenvalue weighted by molar-refractivity contribution is -0.137. The van der Waals surface area contributed by atoms with Gasteiger partial charge in [0.2, 0.25) is 10.0 Å². The lowest BCUT2D eigenvalue weighted by Crippen LogP contribution is -2.42. The zero-order chi connectivity index (χ0) is 14.1. The number of halogens is 1. The summed E-state index contributed by atoms with van der Waals surface area (Å²) in [6.45, 7) is 3.08. The molecule has 0 amide bonds. The van der Waals surface area contributed by atoms with Crippen molar-refractivity contribution in [1.29, 1.82) is 0 Å². The van der Waals surface area contributed by atoms with E-state index in [0.29, 0.717) is 5.02 Å². The van der Waals surface area contributed by atoms with Crippen LogP contribution in [0.3, 0.4) is 0 Å². The van der Waals surface area contributed by atoms with Crippen LogP contribution in [0.2, 0.25) is 5.02 Å². The quantitative estimate of drug-likeness (QED) is 0.919. The van der Waals surface area contributed by atoms with Crippen LogP contribution in [0.15, 0.2) is 18.2 Å². The van der Waals surface area contributed by atoms with Gasteiger partial charge in [-0.1, -0.05) is 17.7 Å². The van der Waals surface area contributed by atoms with Gasteiger partial charge in [-0.05, 0) is 31.5 Å². The molecule has 1 rings (SSSR count). The van der Waals surface area contributed by atoms with Crippen molar-refractivity contribution in [3.05, 3.63) is 28.8 Å². The third-order valence-corrected chi connectivity index (χ3v) is 4.13. The molecule has 0 aromatic heterocycles. The lowest BCUT2D eigenvalue weighted by Gasteiger charge is -2.26. The van der Waals surface area contributed by atoms with Crippen LogP contribution in [0.4, 0.5) is 5.69 Å². The van der Waals surface area contributed by atoms with E-state index in [4.69, 9.17) is 16.7 Å². The number of sulfonamides is 1. The van der Waals surface area contributed by atoms with Crippen molar-refractivity contribution >= 4 is 33.3 Å². The van der Waals surface area contributed by atoms with E-state index in [0.717, 1.165) is 16.1 Å². The van der Waals surface area contributed by atoms with Crippen LogP contribution in [-0.2, 0) is 14.8 Å². The van der Waals surface area contributed by atoms with Crippen LogP contribution >= 0.6 is 11.6 Å². The fourth-order valence-corrected chi connectivity index (χ4v) is 2.86. The number of benzene rings is 1. The first-order valence-corrected chi connectivity index (χ1v) is 7.35. The van der Waals surface area contributed by atoms with Gasteiger partial charge in [0.25, 0.3) is 0 Å². The highest BCUT2D eigenvalue weighted by atomic mass is 35.5. The topological polar surface area (TPSA) is 74.7 Å². The van der Waals surface area contributed by atoms with Gasteiger partial charge in [-0.3, -0.25) is 4.31 Å². The van der Waals surface area contributed by atoms with Gasteiger partial charge in [0, 0.05) is 5.02 Å². The van der Waals surface area contributed by atoms with Gasteiger partial charge in [0.05, 0.1) is 11.9 Å². The van der Waals surface area contributed by atoms with E-state index in [1.165, 1.54) is 19.1 Å². The van der Waals surface area contributed by atoms with E-state index >= 15 is 0 Å². The number of carbonyl (C=O) groups is 1. The number of nitrogens with zero attached hydrogens (tertiary/aromatic N) is 1. The molecule has 0 aliphatic rings. The lowest BCUT2D eigenvalue weighted by atomic mass is 10.2. The molecule has 1 aromatic carbocycles. The highest BCUT2D eigenvalue weighted by Gasteiger charge is 2.28. The average Bonchev–Trinajstić information content (AvgIpc) is 2.21. The Morgan fingerprint density at radius 2 is 2.00 bits per heavy atom. The van der Waals surface area contributed by atoms with Gasteiger partial charge in [-0.2, -0.15) is 0 Å². The van der Waals surface area contributed by atoms with Gasteiger partial charge in [-0.15, -0.1) is 0 Å². The van der Waals surface area contributed by atoms with Gasteiger partial charge in [0.15, 0.2) is 0 Å². The van der Waals surface area contributed by atoms with E-state index in [-0.39, 0.29) is 5.69 Å². The number of hydrogen-bond donors (Lipinski definition) is 1. The van der Waals surface area contributed by atoms with Crippen molar-refractivity contribution in [2.24, 2.45) is 0 Å². The summed E-state index contributed by atoms with van der Waals surface area (Å²) in [6, 6.07) is 3.42. The van der Waals surface area contributed by atoms with Gasteiger partial charge in [-0.25, -0.2) is 13.2 Å². The van der Waals surface area contributed by atoms with Gasteiger partial charge < -0.3 is 5.11 Å². The van der Waals surface area contributed by atoms with Gasteiger partial charge in [0.1, 0.15) is 6.04 Å². The van der Waals surface area contributed by atoms with E-state index in [1.807, 2.05) is 0 Å². The van der Waals surface area contributed by atoms with E-state index in [9.17, 15) is 13.2 Å². The number of carboxylic acids is 1. The molecule has 100 valence electrons. The van der Waals surface area contributed by atoms with Crippen molar-refractivity contribution < 1.29 is 18.3 Å². The molecule has 1 N–H and O–H groups in total. The maximum Gasteiger partial charge on any atom is 0.327 e. The van der Waals surface area contributed by atoms with Crippen LogP contribution in [0.1, 0.15) is 12.5 Å². The fraction of sp³-hybridized carbons (Fsp3) is 0.364. The number of carboxylic acid groups (broad SMARTS) is 1. The largest absolute Gasteiger partial charge is 0.480 e. The molecule has 1 atom stereocenters. The van der Waals surface area contributed by atoms with Crippen molar-refractivity contribution in [3.63, 3.8) is 0 Å². The highest BCUT2D eigenvalue weighted by Crippen LogP contribution is 2.26. The molecule has 0 bridgehead atoms. The van der Waals surface area contributed by atoms with Crippen molar-refractivity contribution in [3.8, 4) is 0 Å². The second-order valence-corrected chi connectivity index (χ2v) is 6.27. The maximum absolute atomic E-state index is 11.7. The molecule has 0 aliphatic carbocycles. The third-order valence-electron chi connectivity index (χ3n) is 2.48. The second kappa shape index (κ2) is 5.16. The van der Waals surface area contributed by atoms with Crippen LogP contribution in [0, 0.1) is 6.92 Å². The predicted octanol–water partition coefficient (Wildman–Crippen LogP) is 1.89. The zero-order valence-electron chi connectivity index (χ0n) is 10.2. The second-order valence-electron chi connectivity index (χ2n) is 4.01. The molecule has 18 heavy (non-hydrogen) atoms. The Hall–Kier alpha value is -1.27. The zero-order valence-corrected chi connectivity index (χ0v) is 11.8. The van der Waals surface area contributed by atoms with E-state index in [2.05, 4.69) is 0 Å². The van der Waals surface area contributed by atoms with Crippen LogP contribution in [0.25, 0.3) is 0 Å². The summed E-state index contributed by atoms with van der Waals surface area (Å²) in [4.78, 5) is 11.0. The molecule has 0 fully saturated rings. The molecule has 0 aliphatic heterocycles. The van der Waals surface area contributed by atoms with E-state index < -0.39 is 22.0 Å². The van der Waals surface area contributed by atoms with Crippen LogP contribution < -0.4 is 4.31 Å². The molecule has 7 heteroatoms. The molecule has 1 aromatic rings. The van der Waals surface area contributed by atoms with E-state index in [1.54, 1.807) is 13.0 Å². The minimum atomic E-state index is -3.70. The SMILES string of the molecule is Cc1ccc(N([C@H](C)C(=O)O)S(C)(=O)=O)cc1Cl. The van der Waals surface area contributed by atoms with Crippen LogP contribution in [0.5, 0.6) is 0 Å². The first kappa shape index (κ1) is 14.8. The predicted molar refractivity (Wildman–Crippen MR) is 70.6 cm³/mol. The molecule has 0 heterocycles. The average molecular weight is 292 g/mol. The minimum Gasteiger partial charge on any atom is -0.480 e. The smallest absolute Gasteiger partial charge is 0.327 e. The summed E-state index contributed by atoms with van der Waals surface area (Å²) in [5.74, 6) is -1.22. The highest BCUT2D eigenvalue weighted by molar-refractivity contribution is 7.92. The fourth-order valence-electron chi connectivity index (χ4n) is 1.52. The molecule has 0 radical (unpaired) electrons. The molecule has 0 saturated heterocycles. The number of aliphatic carboxylic acids is 1. The molecule has 0 unspecified atom stereocenters. The summed E-state index contributed by atoms with van der Waals surface area (Å²) in [7, 11) is -3.70. The molecule has 5 nitrogen and oxygen atoms in total. The number of anilines is 1. The Labute approximate surface area is 111 Å². The van der Waals surface area contributed by atoms with Crippen molar-refractivity contribution in [2.45, 2.75) is 19.9 Å². The summed E-state index contributed by atoms with van der Waals surface area (Å²) in [5, 5.41) is 9.35. The summed E-state index contributed by atoms with van der Waals surface area (Å²) in [6.07, 6.45) is 0.959. The molecule has 0 spiro atoms. The molecular formula is C11H14ClNO4S. The van der Waals surface area contributed by atoms with Crippen molar-refractivity contribution in [1.82, 2.24) is 0 Å². The standard InChI is InChI=1S/C11H14ClNO4S/c1-7-4-5-9(6-10(7)12)13(18(3,16)17)8(2)11(14)15/h4-6,8H,1-3H3,(H,14,15)/t8-/m1/s1. The number of rotatable bonds is 4. The Balaban J connectivity index is 3.36. The third kappa shape index (κ3) is 3.14. The molecule has 0 saturated carbocycles. The summed E-state index contributed by atoms with van der Waals surface area (Å²) in [5.41, 5.74) is 1.03.